The van der Waals surface area contributed by atoms with Gasteiger partial charge in [-0.3, -0.25) is 4.79 Å². The van der Waals surface area contributed by atoms with Gasteiger partial charge < -0.3 is 5.32 Å². The molecule has 0 aliphatic heterocycles. The van der Waals surface area contributed by atoms with Gasteiger partial charge in [-0.1, -0.05) is 45.8 Å². The summed E-state index contributed by atoms with van der Waals surface area (Å²) in [6, 6.07) is 16.3. The zero-order valence-corrected chi connectivity index (χ0v) is 16.9. The topological polar surface area (TPSA) is 42.0 Å². The van der Waals surface area contributed by atoms with Gasteiger partial charge in [0.1, 0.15) is 0 Å². The van der Waals surface area contributed by atoms with E-state index in [0.717, 1.165) is 21.5 Å². The molecule has 1 aromatic heterocycles. The molecule has 2 aromatic carbocycles. The fourth-order valence-corrected chi connectivity index (χ4v) is 4.01. The van der Waals surface area contributed by atoms with Crippen molar-refractivity contribution in [3.05, 3.63) is 63.9 Å². The molecule has 0 fully saturated rings. The van der Waals surface area contributed by atoms with Crippen LogP contribution in [0, 0.1) is 6.92 Å². The Morgan fingerprint density at radius 2 is 1.88 bits per heavy atom. The molecule has 3 nitrogen and oxygen atoms in total. The Morgan fingerprint density at radius 1 is 1.16 bits per heavy atom. The summed E-state index contributed by atoms with van der Waals surface area (Å²) in [7, 11) is 0. The third kappa shape index (κ3) is 5.42. The summed E-state index contributed by atoms with van der Waals surface area (Å²) in [6.07, 6.45) is 0.464. The molecule has 1 heterocycles. The Morgan fingerprint density at radius 3 is 2.60 bits per heavy atom. The molecule has 0 unspecified atom stereocenters. The lowest BCUT2D eigenvalue weighted by Crippen LogP contribution is -2.11. The maximum Gasteiger partial charge on any atom is 0.226 e. The summed E-state index contributed by atoms with van der Waals surface area (Å²) < 4.78 is 1.03. The molecule has 1 amide bonds. The van der Waals surface area contributed by atoms with Crippen LogP contribution < -0.4 is 5.32 Å². The highest BCUT2D eigenvalue weighted by Crippen LogP contribution is 2.26. The Bertz CT molecular complexity index is 845. The van der Waals surface area contributed by atoms with Crippen molar-refractivity contribution in [3.63, 3.8) is 0 Å². The zero-order valence-electron chi connectivity index (χ0n) is 13.7. The molecule has 25 heavy (non-hydrogen) atoms. The van der Waals surface area contributed by atoms with Crippen LogP contribution in [0.25, 0.3) is 11.3 Å². The number of hydrogen-bond donors (Lipinski definition) is 1. The molecule has 0 spiro atoms. The van der Waals surface area contributed by atoms with E-state index in [1.807, 2.05) is 29.6 Å². The minimum Gasteiger partial charge on any atom is -0.302 e. The fourth-order valence-electron chi connectivity index (χ4n) is 2.16. The minimum absolute atomic E-state index is 0.00341. The van der Waals surface area contributed by atoms with Gasteiger partial charge in [-0.05, 0) is 31.2 Å². The lowest BCUT2D eigenvalue weighted by molar-refractivity contribution is -0.115. The van der Waals surface area contributed by atoms with E-state index in [9.17, 15) is 4.79 Å². The van der Waals surface area contributed by atoms with Crippen LogP contribution >= 0.6 is 39.0 Å². The number of aromatic nitrogens is 1. The van der Waals surface area contributed by atoms with Crippen LogP contribution in [-0.4, -0.2) is 16.6 Å². The van der Waals surface area contributed by atoms with Gasteiger partial charge in [0.25, 0.3) is 0 Å². The van der Waals surface area contributed by atoms with Crippen molar-refractivity contribution in [2.45, 2.75) is 18.2 Å². The summed E-state index contributed by atoms with van der Waals surface area (Å²) >= 11 is 6.56. The summed E-state index contributed by atoms with van der Waals surface area (Å²) in [6.45, 7) is 2.07. The number of hydrogen-bond acceptors (Lipinski definition) is 4. The van der Waals surface area contributed by atoms with E-state index in [0.29, 0.717) is 11.6 Å². The standard InChI is InChI=1S/C19H17BrN2OS2/c1-13-2-8-16(9-3-13)24-11-10-18(23)22-19-21-17(12-25-19)14-4-6-15(20)7-5-14/h2-9,12H,10-11H2,1H3,(H,21,22,23). The first kappa shape index (κ1) is 18.2. The number of nitrogens with zero attached hydrogens (tertiary/aromatic N) is 1. The highest BCUT2D eigenvalue weighted by molar-refractivity contribution is 9.10. The van der Waals surface area contributed by atoms with Gasteiger partial charge in [-0.25, -0.2) is 4.98 Å². The van der Waals surface area contributed by atoms with Gasteiger partial charge in [-0.2, -0.15) is 0 Å². The Kier molecular flexibility index (Phi) is 6.29. The number of rotatable bonds is 6. The molecule has 3 rings (SSSR count). The average Bonchev–Trinajstić information content (AvgIpc) is 3.06. The molecule has 3 aromatic rings. The largest absolute Gasteiger partial charge is 0.302 e. The Balaban J connectivity index is 1.49. The maximum atomic E-state index is 12.1. The molecule has 0 aliphatic rings. The molecule has 0 aliphatic carbocycles. The quantitative estimate of drug-likeness (QED) is 0.485. The number of benzene rings is 2. The van der Waals surface area contributed by atoms with Crippen LogP contribution in [0.4, 0.5) is 5.13 Å². The van der Waals surface area contributed by atoms with E-state index in [4.69, 9.17) is 0 Å². The van der Waals surface area contributed by atoms with Crippen molar-refractivity contribution >= 4 is 50.1 Å². The second-order valence-corrected chi connectivity index (χ2v) is 8.45. The van der Waals surface area contributed by atoms with Gasteiger partial charge in [0.15, 0.2) is 5.13 Å². The van der Waals surface area contributed by atoms with Crippen LogP contribution in [0.5, 0.6) is 0 Å². The van der Waals surface area contributed by atoms with E-state index in [-0.39, 0.29) is 5.91 Å². The number of thioether (sulfide) groups is 1. The summed E-state index contributed by atoms with van der Waals surface area (Å²) in [4.78, 5) is 17.8. The van der Waals surface area contributed by atoms with Crippen LogP contribution in [-0.2, 0) is 4.79 Å². The summed E-state index contributed by atoms with van der Waals surface area (Å²) in [5.74, 6) is 0.746. The SMILES string of the molecule is Cc1ccc(SCCC(=O)Nc2nc(-c3ccc(Br)cc3)cs2)cc1. The molecule has 128 valence electrons. The van der Waals surface area contributed by atoms with E-state index in [2.05, 4.69) is 57.4 Å². The smallest absolute Gasteiger partial charge is 0.226 e. The normalized spacial score (nSPS) is 10.6. The number of halogens is 1. The van der Waals surface area contributed by atoms with E-state index in [1.54, 1.807) is 11.8 Å². The predicted molar refractivity (Wildman–Crippen MR) is 110 cm³/mol. The highest BCUT2D eigenvalue weighted by Gasteiger charge is 2.08. The van der Waals surface area contributed by atoms with Crippen molar-refractivity contribution in [1.82, 2.24) is 4.98 Å². The average molecular weight is 433 g/mol. The van der Waals surface area contributed by atoms with Crippen LogP contribution in [0.15, 0.2) is 63.3 Å². The Hall–Kier alpha value is -1.63. The van der Waals surface area contributed by atoms with Crippen molar-refractivity contribution < 1.29 is 4.79 Å². The molecule has 0 bridgehead atoms. The molecule has 1 N–H and O–H groups in total. The number of amides is 1. The van der Waals surface area contributed by atoms with Gasteiger partial charge in [0, 0.05) is 32.5 Å². The molecule has 0 saturated carbocycles. The van der Waals surface area contributed by atoms with Crippen molar-refractivity contribution in [2.75, 3.05) is 11.1 Å². The van der Waals surface area contributed by atoms with E-state index < -0.39 is 0 Å². The zero-order chi connectivity index (χ0) is 17.6. The minimum atomic E-state index is -0.00341. The van der Waals surface area contributed by atoms with E-state index >= 15 is 0 Å². The molecule has 0 atom stereocenters. The van der Waals surface area contributed by atoms with Crippen LogP contribution in [0.3, 0.4) is 0 Å². The third-order valence-electron chi connectivity index (χ3n) is 3.51. The number of nitrogens with one attached hydrogen (secondary N) is 1. The second kappa shape index (κ2) is 8.65. The monoisotopic (exact) mass is 432 g/mol. The third-order valence-corrected chi connectivity index (χ3v) is 5.81. The maximum absolute atomic E-state index is 12.1. The lowest BCUT2D eigenvalue weighted by Gasteiger charge is -2.03. The number of thiazole rings is 1. The fraction of sp³-hybridized carbons (Fsp3) is 0.158. The lowest BCUT2D eigenvalue weighted by atomic mass is 10.2. The molecular weight excluding hydrogens is 416 g/mol. The van der Waals surface area contributed by atoms with E-state index in [1.165, 1.54) is 21.8 Å². The van der Waals surface area contributed by atoms with Crippen LogP contribution in [0.2, 0.25) is 0 Å². The first-order valence-corrected chi connectivity index (χ1v) is 10.5. The van der Waals surface area contributed by atoms with Gasteiger partial charge in [0.2, 0.25) is 5.91 Å². The van der Waals surface area contributed by atoms with Crippen molar-refractivity contribution in [2.24, 2.45) is 0 Å². The van der Waals surface area contributed by atoms with Crippen molar-refractivity contribution in [3.8, 4) is 11.3 Å². The molecule has 0 saturated heterocycles. The highest BCUT2D eigenvalue weighted by atomic mass is 79.9. The van der Waals surface area contributed by atoms with Gasteiger partial charge >= 0.3 is 0 Å². The number of aryl methyl sites for hydroxylation is 1. The molecule has 6 heteroatoms. The first-order valence-electron chi connectivity index (χ1n) is 7.81. The second-order valence-electron chi connectivity index (χ2n) is 5.50. The summed E-state index contributed by atoms with van der Waals surface area (Å²) in [5, 5.41) is 5.48. The van der Waals surface area contributed by atoms with Crippen LogP contribution in [0.1, 0.15) is 12.0 Å². The first-order chi connectivity index (χ1) is 12.1. The predicted octanol–water partition coefficient (Wildman–Crippen LogP) is 6.00. The number of carbonyl (C=O) groups excluding carboxylic acids is 1. The number of carbonyl (C=O) groups is 1. The van der Waals surface area contributed by atoms with Gasteiger partial charge in [-0.15, -0.1) is 23.1 Å². The Labute approximate surface area is 164 Å². The summed E-state index contributed by atoms with van der Waals surface area (Å²) in [5.41, 5.74) is 3.16. The number of anilines is 1. The molecular formula is C19H17BrN2OS2. The van der Waals surface area contributed by atoms with Crippen molar-refractivity contribution in [1.29, 1.82) is 0 Å². The van der Waals surface area contributed by atoms with Gasteiger partial charge in [0.05, 0.1) is 5.69 Å². The molecule has 0 radical (unpaired) electrons.